The number of rotatable bonds is 2. The number of nitrogens with zero attached hydrogens (tertiary/aromatic N) is 2. The number of aromatic nitrogens is 2. The van der Waals surface area contributed by atoms with Crippen molar-refractivity contribution in [2.75, 3.05) is 7.11 Å². The summed E-state index contributed by atoms with van der Waals surface area (Å²) in [6, 6.07) is 5.80. The second kappa shape index (κ2) is 3.49. The summed E-state index contributed by atoms with van der Waals surface area (Å²) >= 11 is 0. The maximum absolute atomic E-state index is 5.15. The Bertz CT molecular complexity index is 424. The Labute approximate surface area is 81.5 Å². The highest BCUT2D eigenvalue weighted by Gasteiger charge is 2.05. The van der Waals surface area contributed by atoms with Crippen molar-refractivity contribution < 1.29 is 9.26 Å². The molecule has 0 unspecified atom stereocenters. The van der Waals surface area contributed by atoms with Gasteiger partial charge in [0.25, 0.3) is 0 Å². The van der Waals surface area contributed by atoms with Gasteiger partial charge < -0.3 is 9.26 Å². The lowest BCUT2D eigenvalue weighted by Crippen LogP contribution is -1.87. The molecule has 0 N–H and O–H groups in total. The van der Waals surface area contributed by atoms with Gasteiger partial charge in [-0.1, -0.05) is 5.16 Å². The van der Waals surface area contributed by atoms with Gasteiger partial charge in [0.05, 0.1) is 7.11 Å². The molecule has 0 aliphatic carbocycles. The van der Waals surface area contributed by atoms with E-state index in [2.05, 4.69) is 14.7 Å². The molecule has 0 amide bonds. The Morgan fingerprint density at radius 2 is 2.14 bits per heavy atom. The molecule has 14 heavy (non-hydrogen) atoms. The first-order chi connectivity index (χ1) is 6.79. The van der Waals surface area contributed by atoms with Gasteiger partial charge in [0.2, 0.25) is 12.2 Å². The predicted octanol–water partition coefficient (Wildman–Crippen LogP) is 2.05. The first kappa shape index (κ1) is 8.74. The molecule has 72 valence electrons. The zero-order valence-electron chi connectivity index (χ0n) is 8.02. The molecule has 0 bridgehead atoms. The molecule has 1 aromatic heterocycles. The summed E-state index contributed by atoms with van der Waals surface area (Å²) in [4.78, 5) is 3.97. The van der Waals surface area contributed by atoms with Crippen molar-refractivity contribution in [3.8, 4) is 17.1 Å². The fourth-order valence-corrected chi connectivity index (χ4v) is 1.29. The molecule has 0 radical (unpaired) electrons. The molecule has 0 spiro atoms. The first-order valence-electron chi connectivity index (χ1n) is 4.22. The molecule has 0 fully saturated rings. The Kier molecular flexibility index (Phi) is 2.18. The number of hydrogen-bond donors (Lipinski definition) is 0. The summed E-state index contributed by atoms with van der Waals surface area (Å²) in [5.74, 6) is 1.37. The van der Waals surface area contributed by atoms with Gasteiger partial charge in [0.1, 0.15) is 5.75 Å². The van der Waals surface area contributed by atoms with E-state index in [0.717, 1.165) is 16.9 Å². The first-order valence-corrected chi connectivity index (χ1v) is 4.22. The minimum atomic E-state index is 0.576. The van der Waals surface area contributed by atoms with E-state index in [9.17, 15) is 0 Å². The van der Waals surface area contributed by atoms with Gasteiger partial charge in [-0.15, -0.1) is 0 Å². The fraction of sp³-hybridized carbons (Fsp3) is 0.200. The van der Waals surface area contributed by atoms with Crippen LogP contribution in [0.15, 0.2) is 29.1 Å². The molecule has 4 heteroatoms. The largest absolute Gasteiger partial charge is 0.497 e. The van der Waals surface area contributed by atoms with Crippen LogP contribution in [0.2, 0.25) is 0 Å². The lowest BCUT2D eigenvalue weighted by atomic mass is 10.1. The number of ether oxygens (including phenoxy) is 1. The zero-order valence-corrected chi connectivity index (χ0v) is 8.02. The Morgan fingerprint density at radius 3 is 2.79 bits per heavy atom. The lowest BCUT2D eigenvalue weighted by molar-refractivity contribution is 0.413. The summed E-state index contributed by atoms with van der Waals surface area (Å²) in [5.41, 5.74) is 2.00. The minimum Gasteiger partial charge on any atom is -0.497 e. The van der Waals surface area contributed by atoms with Crippen molar-refractivity contribution in [2.45, 2.75) is 6.92 Å². The second-order valence-corrected chi connectivity index (χ2v) is 2.99. The summed E-state index contributed by atoms with van der Waals surface area (Å²) in [5, 5.41) is 3.76. The predicted molar refractivity (Wildman–Crippen MR) is 51.0 cm³/mol. The van der Waals surface area contributed by atoms with Crippen LogP contribution >= 0.6 is 0 Å². The molecule has 0 atom stereocenters. The molecule has 2 aromatic rings. The molecule has 2 rings (SSSR count). The van der Waals surface area contributed by atoms with Crippen LogP contribution in [0.1, 0.15) is 5.56 Å². The number of benzene rings is 1. The lowest BCUT2D eigenvalue weighted by Gasteiger charge is -2.03. The van der Waals surface area contributed by atoms with E-state index in [4.69, 9.17) is 4.74 Å². The van der Waals surface area contributed by atoms with Crippen molar-refractivity contribution in [3.63, 3.8) is 0 Å². The van der Waals surface area contributed by atoms with E-state index in [1.165, 1.54) is 6.39 Å². The Hall–Kier alpha value is -1.84. The number of hydrogen-bond acceptors (Lipinski definition) is 4. The van der Waals surface area contributed by atoms with Crippen molar-refractivity contribution >= 4 is 0 Å². The van der Waals surface area contributed by atoms with Crippen molar-refractivity contribution in [2.24, 2.45) is 0 Å². The molecule has 4 nitrogen and oxygen atoms in total. The number of methoxy groups -OCH3 is 1. The van der Waals surface area contributed by atoms with Gasteiger partial charge in [0.15, 0.2) is 0 Å². The number of aryl methyl sites for hydroxylation is 1. The van der Waals surface area contributed by atoms with Crippen LogP contribution in [0.4, 0.5) is 0 Å². The second-order valence-electron chi connectivity index (χ2n) is 2.99. The van der Waals surface area contributed by atoms with Gasteiger partial charge in [-0.2, -0.15) is 4.98 Å². The third-order valence-electron chi connectivity index (χ3n) is 1.91. The average molecular weight is 190 g/mol. The standard InChI is InChI=1S/C10H10N2O2/c1-7-3-8(5-9(4-7)13-2)10-11-6-14-12-10/h3-6H,1-2H3. The highest BCUT2D eigenvalue weighted by atomic mass is 16.5. The summed E-state index contributed by atoms with van der Waals surface area (Å²) in [6.07, 6.45) is 1.31. The summed E-state index contributed by atoms with van der Waals surface area (Å²) in [7, 11) is 1.63. The topological polar surface area (TPSA) is 48.2 Å². The molecule has 0 aliphatic rings. The van der Waals surface area contributed by atoms with E-state index >= 15 is 0 Å². The van der Waals surface area contributed by atoms with Crippen LogP contribution in [0.5, 0.6) is 5.75 Å². The van der Waals surface area contributed by atoms with Crippen LogP contribution in [0, 0.1) is 6.92 Å². The smallest absolute Gasteiger partial charge is 0.214 e. The molecule has 1 aromatic carbocycles. The van der Waals surface area contributed by atoms with E-state index in [0.29, 0.717) is 5.82 Å². The van der Waals surface area contributed by atoms with E-state index in [1.54, 1.807) is 7.11 Å². The van der Waals surface area contributed by atoms with Crippen LogP contribution < -0.4 is 4.74 Å². The third-order valence-corrected chi connectivity index (χ3v) is 1.91. The molecule has 0 saturated heterocycles. The van der Waals surface area contributed by atoms with Gasteiger partial charge in [-0.25, -0.2) is 0 Å². The van der Waals surface area contributed by atoms with Crippen LogP contribution in [-0.2, 0) is 0 Å². The highest BCUT2D eigenvalue weighted by Crippen LogP contribution is 2.22. The fourth-order valence-electron chi connectivity index (χ4n) is 1.29. The third kappa shape index (κ3) is 1.59. The van der Waals surface area contributed by atoms with Crippen LogP contribution in [0.3, 0.4) is 0 Å². The quantitative estimate of drug-likeness (QED) is 0.727. The molecular formula is C10H10N2O2. The Balaban J connectivity index is 2.48. The van der Waals surface area contributed by atoms with E-state index in [1.807, 2.05) is 25.1 Å². The van der Waals surface area contributed by atoms with Gasteiger partial charge in [-0.3, -0.25) is 0 Å². The molecular weight excluding hydrogens is 180 g/mol. The van der Waals surface area contributed by atoms with Gasteiger partial charge >= 0.3 is 0 Å². The highest BCUT2D eigenvalue weighted by molar-refractivity contribution is 5.58. The van der Waals surface area contributed by atoms with Crippen LogP contribution in [-0.4, -0.2) is 17.3 Å². The van der Waals surface area contributed by atoms with Crippen molar-refractivity contribution in [1.82, 2.24) is 10.1 Å². The van der Waals surface area contributed by atoms with Crippen molar-refractivity contribution in [1.29, 1.82) is 0 Å². The molecule has 0 saturated carbocycles. The monoisotopic (exact) mass is 190 g/mol. The summed E-state index contributed by atoms with van der Waals surface area (Å²) in [6.45, 7) is 1.99. The normalized spacial score (nSPS) is 10.1. The zero-order chi connectivity index (χ0) is 9.97. The van der Waals surface area contributed by atoms with Crippen LogP contribution in [0.25, 0.3) is 11.4 Å². The molecule has 0 aliphatic heterocycles. The maximum Gasteiger partial charge on any atom is 0.214 e. The SMILES string of the molecule is COc1cc(C)cc(-c2ncon2)c1. The average Bonchev–Trinajstić information content (AvgIpc) is 2.69. The van der Waals surface area contributed by atoms with E-state index < -0.39 is 0 Å². The maximum atomic E-state index is 5.15. The Morgan fingerprint density at radius 1 is 1.29 bits per heavy atom. The summed E-state index contributed by atoms with van der Waals surface area (Å²) < 4.78 is 9.83. The minimum absolute atomic E-state index is 0.576. The van der Waals surface area contributed by atoms with Gasteiger partial charge in [-0.05, 0) is 30.7 Å². The van der Waals surface area contributed by atoms with Gasteiger partial charge in [0, 0.05) is 5.56 Å². The van der Waals surface area contributed by atoms with E-state index in [-0.39, 0.29) is 0 Å². The molecule has 1 heterocycles. The van der Waals surface area contributed by atoms with Crippen molar-refractivity contribution in [3.05, 3.63) is 30.2 Å².